The molecule has 3 amide bonds. The monoisotopic (exact) mass is 405 g/mol. The predicted octanol–water partition coefficient (Wildman–Crippen LogP) is 5.00. The van der Waals surface area contributed by atoms with Gasteiger partial charge in [0.15, 0.2) is 0 Å². The molecule has 7 heteroatoms. The van der Waals surface area contributed by atoms with E-state index in [-0.39, 0.29) is 18.0 Å². The summed E-state index contributed by atoms with van der Waals surface area (Å²) >= 11 is 12.1. The molecule has 0 bridgehead atoms. The van der Waals surface area contributed by atoms with Gasteiger partial charge in [-0.05, 0) is 48.7 Å². The molecule has 1 aliphatic heterocycles. The lowest BCUT2D eigenvalue weighted by atomic mass is 10.1. The summed E-state index contributed by atoms with van der Waals surface area (Å²) < 4.78 is 0. The molecule has 0 aliphatic carbocycles. The highest BCUT2D eigenvalue weighted by molar-refractivity contribution is 6.35. The molecule has 2 aromatic rings. The summed E-state index contributed by atoms with van der Waals surface area (Å²) in [6.07, 6.45) is 1.56. The molecule has 0 aromatic heterocycles. The van der Waals surface area contributed by atoms with Crippen molar-refractivity contribution in [3.8, 4) is 0 Å². The number of nitrogens with one attached hydrogen (secondary N) is 2. The number of hydrogen-bond donors (Lipinski definition) is 2. The first-order valence-corrected chi connectivity index (χ1v) is 9.57. The zero-order chi connectivity index (χ0) is 19.4. The molecule has 0 spiro atoms. The van der Waals surface area contributed by atoms with Crippen molar-refractivity contribution in [1.29, 1.82) is 0 Å². The first kappa shape index (κ1) is 19.5. The number of urea groups is 1. The maximum Gasteiger partial charge on any atom is 0.319 e. The van der Waals surface area contributed by atoms with E-state index in [2.05, 4.69) is 10.6 Å². The van der Waals surface area contributed by atoms with Crippen molar-refractivity contribution < 1.29 is 9.59 Å². The van der Waals surface area contributed by atoms with Crippen molar-refractivity contribution in [2.75, 3.05) is 11.9 Å². The van der Waals surface area contributed by atoms with Crippen LogP contribution in [0.15, 0.2) is 42.5 Å². The van der Waals surface area contributed by atoms with Gasteiger partial charge in [-0.15, -0.1) is 0 Å². The number of carbonyl (C=O) groups is 2. The van der Waals surface area contributed by atoms with E-state index in [9.17, 15) is 9.59 Å². The lowest BCUT2D eigenvalue weighted by molar-refractivity contribution is -0.128. The van der Waals surface area contributed by atoms with Crippen molar-refractivity contribution in [2.24, 2.45) is 0 Å². The Morgan fingerprint density at radius 2 is 1.93 bits per heavy atom. The third kappa shape index (κ3) is 5.15. The largest absolute Gasteiger partial charge is 0.338 e. The summed E-state index contributed by atoms with van der Waals surface area (Å²) in [5, 5.41) is 6.72. The van der Waals surface area contributed by atoms with Crippen LogP contribution in [0.2, 0.25) is 10.0 Å². The van der Waals surface area contributed by atoms with E-state index in [1.54, 1.807) is 18.2 Å². The predicted molar refractivity (Wildman–Crippen MR) is 108 cm³/mol. The van der Waals surface area contributed by atoms with Crippen molar-refractivity contribution in [1.82, 2.24) is 10.2 Å². The second-order valence-corrected chi connectivity index (χ2v) is 7.45. The van der Waals surface area contributed by atoms with Crippen molar-refractivity contribution in [2.45, 2.75) is 32.4 Å². The Labute approximate surface area is 168 Å². The summed E-state index contributed by atoms with van der Waals surface area (Å²) in [4.78, 5) is 25.8. The van der Waals surface area contributed by atoms with Crippen LogP contribution in [0.3, 0.4) is 0 Å². The lowest BCUT2D eigenvalue weighted by Crippen LogP contribution is -2.31. The van der Waals surface area contributed by atoms with Crippen LogP contribution >= 0.6 is 23.2 Å². The molecule has 2 aromatic carbocycles. The van der Waals surface area contributed by atoms with Crippen LogP contribution < -0.4 is 10.6 Å². The lowest BCUT2D eigenvalue weighted by Gasteiger charge is -2.17. The fourth-order valence-corrected chi connectivity index (χ4v) is 3.65. The second-order valence-electron chi connectivity index (χ2n) is 6.60. The van der Waals surface area contributed by atoms with Crippen LogP contribution in [-0.2, 0) is 11.3 Å². The Balaban J connectivity index is 1.55. The van der Waals surface area contributed by atoms with Gasteiger partial charge in [-0.1, -0.05) is 41.4 Å². The molecule has 1 atom stereocenters. The Morgan fingerprint density at radius 1 is 1.19 bits per heavy atom. The fraction of sp³-hybridized carbons (Fsp3) is 0.300. The zero-order valence-corrected chi connectivity index (χ0v) is 16.5. The standard InChI is InChI=1S/C20H21Cl2N3O2/c1-13(17-9-6-15(21)11-18(17)22)23-20(27)24-16-7-4-14(5-8-16)12-25-10-2-3-19(25)26/h4-9,11,13H,2-3,10,12H2,1H3,(H2,23,24,27). The Kier molecular flexibility index (Phi) is 6.24. The first-order chi connectivity index (χ1) is 12.9. The summed E-state index contributed by atoms with van der Waals surface area (Å²) in [5.41, 5.74) is 2.51. The molecule has 1 heterocycles. The van der Waals surface area contributed by atoms with Gasteiger partial charge in [-0.2, -0.15) is 0 Å². The third-order valence-corrected chi connectivity index (χ3v) is 5.10. The maximum absolute atomic E-state index is 12.2. The van der Waals surface area contributed by atoms with Gasteiger partial charge in [0.25, 0.3) is 0 Å². The molecule has 1 unspecified atom stereocenters. The van der Waals surface area contributed by atoms with Gasteiger partial charge in [0.1, 0.15) is 0 Å². The second kappa shape index (κ2) is 8.63. The van der Waals surface area contributed by atoms with E-state index < -0.39 is 0 Å². The number of likely N-dealkylation sites (tertiary alicyclic amines) is 1. The van der Waals surface area contributed by atoms with Gasteiger partial charge in [-0.3, -0.25) is 4.79 Å². The molecule has 2 N–H and O–H groups in total. The summed E-state index contributed by atoms with van der Waals surface area (Å²) in [7, 11) is 0. The van der Waals surface area contributed by atoms with Gasteiger partial charge in [0.2, 0.25) is 5.91 Å². The van der Waals surface area contributed by atoms with Gasteiger partial charge >= 0.3 is 6.03 Å². The maximum atomic E-state index is 12.2. The number of hydrogen-bond acceptors (Lipinski definition) is 2. The molecule has 3 rings (SSSR count). The number of rotatable bonds is 5. The van der Waals surface area contributed by atoms with Crippen LogP contribution in [0.5, 0.6) is 0 Å². The number of nitrogens with zero attached hydrogens (tertiary/aromatic N) is 1. The Hall–Kier alpha value is -2.24. The van der Waals surface area contributed by atoms with E-state index in [1.165, 1.54) is 0 Å². The smallest absolute Gasteiger partial charge is 0.319 e. The fourth-order valence-electron chi connectivity index (χ4n) is 3.08. The molecular weight excluding hydrogens is 385 g/mol. The average molecular weight is 406 g/mol. The normalized spacial score (nSPS) is 14.9. The number of amides is 3. The quantitative estimate of drug-likeness (QED) is 0.734. The molecule has 1 saturated heterocycles. The molecule has 5 nitrogen and oxygen atoms in total. The van der Waals surface area contributed by atoms with Gasteiger partial charge < -0.3 is 15.5 Å². The SMILES string of the molecule is CC(NC(=O)Nc1ccc(CN2CCCC2=O)cc1)c1ccc(Cl)cc1Cl. The topological polar surface area (TPSA) is 61.4 Å². The highest BCUT2D eigenvalue weighted by atomic mass is 35.5. The summed E-state index contributed by atoms with van der Waals surface area (Å²) in [6, 6.07) is 12.1. The van der Waals surface area contributed by atoms with Crippen LogP contribution in [0, 0.1) is 0 Å². The minimum Gasteiger partial charge on any atom is -0.338 e. The van der Waals surface area contributed by atoms with Crippen LogP contribution in [-0.4, -0.2) is 23.4 Å². The molecule has 0 radical (unpaired) electrons. The summed E-state index contributed by atoms with van der Waals surface area (Å²) in [5.74, 6) is 0.200. The van der Waals surface area contributed by atoms with Crippen molar-refractivity contribution in [3.63, 3.8) is 0 Å². The Morgan fingerprint density at radius 3 is 2.56 bits per heavy atom. The van der Waals surface area contributed by atoms with E-state index in [0.29, 0.717) is 28.7 Å². The van der Waals surface area contributed by atoms with Crippen molar-refractivity contribution >= 4 is 40.8 Å². The van der Waals surface area contributed by atoms with E-state index in [4.69, 9.17) is 23.2 Å². The highest BCUT2D eigenvalue weighted by Crippen LogP contribution is 2.26. The molecule has 27 heavy (non-hydrogen) atoms. The first-order valence-electron chi connectivity index (χ1n) is 8.81. The molecule has 142 valence electrons. The highest BCUT2D eigenvalue weighted by Gasteiger charge is 2.20. The minimum atomic E-state index is -0.323. The number of anilines is 1. The third-order valence-electron chi connectivity index (χ3n) is 4.53. The zero-order valence-electron chi connectivity index (χ0n) is 15.0. The Bertz CT molecular complexity index is 840. The minimum absolute atomic E-state index is 0.200. The number of carbonyl (C=O) groups excluding carboxylic acids is 2. The molecule has 0 saturated carbocycles. The van der Waals surface area contributed by atoms with Gasteiger partial charge in [-0.25, -0.2) is 4.79 Å². The van der Waals surface area contributed by atoms with Crippen LogP contribution in [0.25, 0.3) is 0 Å². The van der Waals surface area contributed by atoms with E-state index >= 15 is 0 Å². The van der Waals surface area contributed by atoms with Gasteiger partial charge in [0, 0.05) is 35.2 Å². The molecule has 1 aliphatic rings. The van der Waals surface area contributed by atoms with E-state index in [0.717, 1.165) is 24.1 Å². The average Bonchev–Trinajstić information content (AvgIpc) is 3.01. The number of halogens is 2. The summed E-state index contributed by atoms with van der Waals surface area (Å²) in [6.45, 7) is 3.27. The van der Waals surface area contributed by atoms with Gasteiger partial charge in [0.05, 0.1) is 6.04 Å². The van der Waals surface area contributed by atoms with Crippen LogP contribution in [0.1, 0.15) is 36.9 Å². The number of benzene rings is 2. The van der Waals surface area contributed by atoms with E-state index in [1.807, 2.05) is 36.1 Å². The molecular formula is C20H21Cl2N3O2. The van der Waals surface area contributed by atoms with Crippen LogP contribution in [0.4, 0.5) is 10.5 Å². The van der Waals surface area contributed by atoms with Crippen molar-refractivity contribution in [3.05, 3.63) is 63.6 Å². The molecule has 1 fully saturated rings.